The molecule has 1 amide bonds. The number of carbonyl (C=O) groups is 1. The molecule has 0 saturated carbocycles. The Morgan fingerprint density at radius 1 is 1.33 bits per heavy atom. The first kappa shape index (κ1) is 19.3. The van der Waals surface area contributed by atoms with Crippen LogP contribution < -0.4 is 10.6 Å². The van der Waals surface area contributed by atoms with E-state index in [-0.39, 0.29) is 5.56 Å². The van der Waals surface area contributed by atoms with E-state index in [2.05, 4.69) is 25.8 Å². The molecule has 7 nitrogen and oxygen atoms in total. The standard InChI is InChI=1S/C17H21F3N6O/c1-11-23-15(25-24-11)12-3-2-4-13(9-12)16(27)22-10-14(17(18,19)20)26-7-5-21-6-8-26/h2-4,9,14,21H,5-8,10H2,1H3,(H,22,27)(H,23,24,25). The van der Waals surface area contributed by atoms with Gasteiger partial charge in [0.2, 0.25) is 0 Å². The van der Waals surface area contributed by atoms with E-state index in [1.165, 1.54) is 4.90 Å². The number of amides is 1. The van der Waals surface area contributed by atoms with Gasteiger partial charge in [-0.3, -0.25) is 14.8 Å². The summed E-state index contributed by atoms with van der Waals surface area (Å²) in [7, 11) is 0. The number of aromatic nitrogens is 3. The molecule has 3 rings (SSSR count). The van der Waals surface area contributed by atoms with E-state index < -0.39 is 24.7 Å². The number of halogens is 3. The summed E-state index contributed by atoms with van der Waals surface area (Å²) < 4.78 is 40.2. The van der Waals surface area contributed by atoms with E-state index in [4.69, 9.17) is 0 Å². The van der Waals surface area contributed by atoms with E-state index in [1.54, 1.807) is 31.2 Å². The van der Waals surface area contributed by atoms with Crippen LogP contribution in [0.2, 0.25) is 0 Å². The van der Waals surface area contributed by atoms with Gasteiger partial charge in [0.05, 0.1) is 0 Å². The summed E-state index contributed by atoms with van der Waals surface area (Å²) in [4.78, 5) is 17.9. The van der Waals surface area contributed by atoms with Crippen LogP contribution in [0.1, 0.15) is 16.2 Å². The zero-order valence-corrected chi connectivity index (χ0v) is 14.8. The number of rotatable bonds is 5. The van der Waals surface area contributed by atoms with Crippen molar-refractivity contribution < 1.29 is 18.0 Å². The van der Waals surface area contributed by atoms with E-state index in [9.17, 15) is 18.0 Å². The number of carbonyl (C=O) groups excluding carboxylic acids is 1. The van der Waals surface area contributed by atoms with Crippen molar-refractivity contribution in [3.8, 4) is 11.4 Å². The van der Waals surface area contributed by atoms with E-state index >= 15 is 0 Å². The molecule has 27 heavy (non-hydrogen) atoms. The lowest BCUT2D eigenvalue weighted by atomic mass is 10.1. The first-order valence-corrected chi connectivity index (χ1v) is 8.64. The molecule has 1 atom stereocenters. The molecule has 1 saturated heterocycles. The Balaban J connectivity index is 1.68. The summed E-state index contributed by atoms with van der Waals surface area (Å²) in [5.74, 6) is 0.494. The summed E-state index contributed by atoms with van der Waals surface area (Å²) in [5, 5.41) is 12.2. The van der Waals surface area contributed by atoms with Crippen molar-refractivity contribution in [3.63, 3.8) is 0 Å². The number of nitrogens with one attached hydrogen (secondary N) is 3. The molecule has 1 aromatic carbocycles. The molecule has 1 aliphatic rings. The molecule has 146 valence electrons. The van der Waals surface area contributed by atoms with Gasteiger partial charge in [-0.25, -0.2) is 4.98 Å². The zero-order chi connectivity index (χ0) is 19.4. The van der Waals surface area contributed by atoms with Gasteiger partial charge in [0.25, 0.3) is 5.91 Å². The minimum absolute atomic E-state index is 0.260. The van der Waals surface area contributed by atoms with Crippen molar-refractivity contribution in [2.75, 3.05) is 32.7 Å². The highest BCUT2D eigenvalue weighted by Gasteiger charge is 2.43. The van der Waals surface area contributed by atoms with Crippen LogP contribution in [0.5, 0.6) is 0 Å². The van der Waals surface area contributed by atoms with E-state index in [0.29, 0.717) is 43.4 Å². The predicted octanol–water partition coefficient (Wildman–Crippen LogP) is 1.35. The number of H-pyrrole nitrogens is 1. The molecule has 3 N–H and O–H groups in total. The summed E-state index contributed by atoms with van der Waals surface area (Å²) in [6, 6.07) is 4.78. The third kappa shape index (κ3) is 4.83. The minimum atomic E-state index is -4.41. The Morgan fingerprint density at radius 2 is 2.07 bits per heavy atom. The van der Waals surface area contributed by atoms with Crippen LogP contribution in [0.25, 0.3) is 11.4 Å². The second-order valence-corrected chi connectivity index (χ2v) is 6.38. The first-order valence-electron chi connectivity index (χ1n) is 8.64. The highest BCUT2D eigenvalue weighted by Crippen LogP contribution is 2.25. The second-order valence-electron chi connectivity index (χ2n) is 6.38. The number of hydrogen-bond acceptors (Lipinski definition) is 5. The fourth-order valence-corrected chi connectivity index (χ4v) is 3.01. The third-order valence-electron chi connectivity index (χ3n) is 4.41. The number of piperazine rings is 1. The number of hydrogen-bond donors (Lipinski definition) is 3. The molecule has 0 spiro atoms. The fourth-order valence-electron chi connectivity index (χ4n) is 3.01. The first-order chi connectivity index (χ1) is 12.8. The Bertz CT molecular complexity index is 785. The Kier molecular flexibility index (Phi) is 5.76. The van der Waals surface area contributed by atoms with E-state index in [1.807, 2.05) is 0 Å². The largest absolute Gasteiger partial charge is 0.405 e. The molecule has 0 radical (unpaired) electrons. The maximum absolute atomic E-state index is 13.4. The van der Waals surface area contributed by atoms with Crippen LogP contribution in [-0.4, -0.2) is 70.9 Å². The molecule has 0 bridgehead atoms. The van der Waals surface area contributed by atoms with Gasteiger partial charge in [-0.1, -0.05) is 12.1 Å². The van der Waals surface area contributed by atoms with Crippen molar-refractivity contribution in [2.45, 2.75) is 19.1 Å². The van der Waals surface area contributed by atoms with Crippen LogP contribution in [0, 0.1) is 6.92 Å². The molecular weight excluding hydrogens is 361 g/mol. The highest BCUT2D eigenvalue weighted by atomic mass is 19.4. The van der Waals surface area contributed by atoms with Gasteiger partial charge in [-0.2, -0.15) is 18.3 Å². The fraction of sp³-hybridized carbons (Fsp3) is 0.471. The summed E-state index contributed by atoms with van der Waals surface area (Å²) >= 11 is 0. The number of alkyl halides is 3. The van der Waals surface area contributed by atoms with Gasteiger partial charge in [-0.15, -0.1) is 0 Å². The van der Waals surface area contributed by atoms with Crippen molar-refractivity contribution >= 4 is 5.91 Å². The van der Waals surface area contributed by atoms with Crippen molar-refractivity contribution in [2.24, 2.45) is 0 Å². The van der Waals surface area contributed by atoms with Gasteiger partial charge in [-0.05, 0) is 19.1 Å². The number of aryl methyl sites for hydroxylation is 1. The quantitative estimate of drug-likeness (QED) is 0.727. The predicted molar refractivity (Wildman–Crippen MR) is 93.2 cm³/mol. The van der Waals surface area contributed by atoms with Crippen LogP contribution >= 0.6 is 0 Å². The lowest BCUT2D eigenvalue weighted by molar-refractivity contribution is -0.183. The smallest absolute Gasteiger partial charge is 0.350 e. The van der Waals surface area contributed by atoms with Gasteiger partial charge < -0.3 is 10.6 Å². The normalized spacial score (nSPS) is 16.9. The SMILES string of the molecule is Cc1nc(-c2cccc(C(=O)NCC(N3CCNCC3)C(F)(F)F)c2)n[nH]1. The summed E-state index contributed by atoms with van der Waals surface area (Å²) in [6.07, 6.45) is -4.41. The third-order valence-corrected chi connectivity index (χ3v) is 4.41. The zero-order valence-electron chi connectivity index (χ0n) is 14.8. The molecular formula is C17H21F3N6O. The van der Waals surface area contributed by atoms with Gasteiger partial charge in [0.15, 0.2) is 5.82 Å². The molecule has 1 aliphatic heterocycles. The molecule has 0 aliphatic carbocycles. The van der Waals surface area contributed by atoms with Crippen LogP contribution in [-0.2, 0) is 0 Å². The van der Waals surface area contributed by atoms with E-state index in [0.717, 1.165) is 0 Å². The van der Waals surface area contributed by atoms with Crippen molar-refractivity contribution in [3.05, 3.63) is 35.7 Å². The van der Waals surface area contributed by atoms with Gasteiger partial charge in [0, 0.05) is 43.9 Å². The number of aromatic amines is 1. The van der Waals surface area contributed by atoms with Gasteiger partial charge in [0.1, 0.15) is 11.9 Å². The Labute approximate surface area is 154 Å². The average molecular weight is 382 g/mol. The topological polar surface area (TPSA) is 85.9 Å². The van der Waals surface area contributed by atoms with Crippen molar-refractivity contribution in [1.29, 1.82) is 0 Å². The Morgan fingerprint density at radius 3 is 2.70 bits per heavy atom. The maximum atomic E-state index is 13.4. The highest BCUT2D eigenvalue weighted by molar-refractivity contribution is 5.95. The van der Waals surface area contributed by atoms with Crippen LogP contribution in [0.15, 0.2) is 24.3 Å². The van der Waals surface area contributed by atoms with Gasteiger partial charge >= 0.3 is 6.18 Å². The molecule has 2 aromatic rings. The average Bonchev–Trinajstić information content (AvgIpc) is 3.08. The molecule has 2 heterocycles. The second kappa shape index (κ2) is 8.05. The molecule has 1 aromatic heterocycles. The maximum Gasteiger partial charge on any atom is 0.405 e. The molecule has 1 unspecified atom stereocenters. The van der Waals surface area contributed by atoms with Crippen LogP contribution in [0.3, 0.4) is 0 Å². The lowest BCUT2D eigenvalue weighted by Gasteiger charge is -2.35. The molecule has 10 heteroatoms. The Hall–Kier alpha value is -2.46. The molecule has 1 fully saturated rings. The summed E-state index contributed by atoms with van der Waals surface area (Å²) in [6.45, 7) is 2.84. The monoisotopic (exact) mass is 382 g/mol. The summed E-state index contributed by atoms with van der Waals surface area (Å²) in [5.41, 5.74) is 0.873. The lowest BCUT2D eigenvalue weighted by Crippen LogP contribution is -2.57. The van der Waals surface area contributed by atoms with Crippen molar-refractivity contribution in [1.82, 2.24) is 30.7 Å². The number of nitrogens with zero attached hydrogens (tertiary/aromatic N) is 3. The number of benzene rings is 1. The minimum Gasteiger partial charge on any atom is -0.350 e. The van der Waals surface area contributed by atoms with Crippen LogP contribution in [0.4, 0.5) is 13.2 Å².